The number of hydrogen-bond acceptors (Lipinski definition) is 5. The topological polar surface area (TPSA) is 92.8 Å². The van der Waals surface area contributed by atoms with Crippen molar-refractivity contribution < 1.29 is 23.9 Å². The molecule has 3 aromatic rings. The zero-order valence-corrected chi connectivity index (χ0v) is 20.7. The Labute approximate surface area is 219 Å². The first-order chi connectivity index (χ1) is 17.9. The lowest BCUT2D eigenvalue weighted by Gasteiger charge is -2.28. The maximum absolute atomic E-state index is 13.3. The minimum absolute atomic E-state index is 0.185. The summed E-state index contributed by atoms with van der Waals surface area (Å²) in [5, 5.41) is 3.16. The lowest BCUT2D eigenvalue weighted by Crippen LogP contribution is -2.30. The summed E-state index contributed by atoms with van der Waals surface area (Å²) in [6, 6.07) is 22.8. The predicted octanol–water partition coefficient (Wildman–Crippen LogP) is 5.21. The fraction of sp³-hybridized carbons (Fsp3) is 0.241. The maximum atomic E-state index is 13.3. The van der Waals surface area contributed by atoms with Crippen LogP contribution in [0.2, 0.25) is 5.02 Å². The van der Waals surface area contributed by atoms with Crippen LogP contribution < -0.4 is 10.2 Å². The smallest absolute Gasteiger partial charge is 0.338 e. The van der Waals surface area contributed by atoms with E-state index in [9.17, 15) is 19.2 Å². The van der Waals surface area contributed by atoms with Crippen LogP contribution in [0.1, 0.15) is 41.1 Å². The lowest BCUT2D eigenvalue weighted by atomic mass is 9.73. The fourth-order valence-corrected chi connectivity index (χ4v) is 5.28. The van der Waals surface area contributed by atoms with Gasteiger partial charge in [-0.2, -0.15) is 0 Å². The molecule has 188 valence electrons. The molecule has 5 rings (SSSR count). The molecule has 3 atom stereocenters. The summed E-state index contributed by atoms with van der Waals surface area (Å²) in [7, 11) is 0. The number of carbonyl (C=O) groups is 4. The second-order valence-corrected chi connectivity index (χ2v) is 9.76. The van der Waals surface area contributed by atoms with Crippen molar-refractivity contribution in [1.82, 2.24) is 0 Å². The first kappa shape index (κ1) is 24.7. The van der Waals surface area contributed by atoms with Crippen LogP contribution in [0.15, 0.2) is 78.9 Å². The summed E-state index contributed by atoms with van der Waals surface area (Å²) in [4.78, 5) is 52.1. The molecule has 0 bridgehead atoms. The van der Waals surface area contributed by atoms with E-state index in [0.717, 1.165) is 6.42 Å². The fourth-order valence-electron chi connectivity index (χ4n) is 5.15. The number of hydrogen-bond donors (Lipinski definition) is 1. The van der Waals surface area contributed by atoms with Crippen LogP contribution in [0, 0.1) is 11.8 Å². The molecular weight excluding hydrogens is 492 g/mol. The Balaban J connectivity index is 1.20. The molecule has 37 heavy (non-hydrogen) atoms. The van der Waals surface area contributed by atoms with E-state index >= 15 is 0 Å². The highest BCUT2D eigenvalue weighted by atomic mass is 35.5. The zero-order valence-electron chi connectivity index (χ0n) is 19.9. The lowest BCUT2D eigenvalue weighted by molar-refractivity contribution is -0.122. The van der Waals surface area contributed by atoms with Crippen LogP contribution in [0.3, 0.4) is 0 Å². The maximum Gasteiger partial charge on any atom is 0.338 e. The van der Waals surface area contributed by atoms with Gasteiger partial charge in [0.05, 0.1) is 23.1 Å². The Morgan fingerprint density at radius 3 is 2.24 bits per heavy atom. The predicted molar refractivity (Wildman–Crippen MR) is 139 cm³/mol. The number of benzene rings is 3. The summed E-state index contributed by atoms with van der Waals surface area (Å²) in [6.07, 6.45) is 2.19. The molecule has 1 N–H and O–H groups in total. The molecule has 1 heterocycles. The van der Waals surface area contributed by atoms with Crippen molar-refractivity contribution in [2.24, 2.45) is 11.8 Å². The van der Waals surface area contributed by atoms with Gasteiger partial charge in [0.25, 0.3) is 5.91 Å². The standard InChI is InChI=1S/C29H25ClN2O5/c30-21-9-11-22(12-10-21)31-26(33)17-37-29(36)19-6-13-23(14-7-19)32-27(34)24-15-8-20(16-25(24)28(32)35)18-4-2-1-3-5-18/h1-7,9-14,20,24-25H,8,15-17H2,(H,31,33)/t20-,24+,25-/m0/s1. The second kappa shape index (κ2) is 10.6. The summed E-state index contributed by atoms with van der Waals surface area (Å²) in [5.74, 6) is -1.94. The summed E-state index contributed by atoms with van der Waals surface area (Å²) in [5.41, 5.74) is 2.37. The minimum Gasteiger partial charge on any atom is -0.452 e. The van der Waals surface area contributed by atoms with Gasteiger partial charge in [0.15, 0.2) is 6.61 Å². The molecule has 0 aromatic heterocycles. The monoisotopic (exact) mass is 516 g/mol. The second-order valence-electron chi connectivity index (χ2n) is 9.32. The Kier molecular flexibility index (Phi) is 7.06. The van der Waals surface area contributed by atoms with E-state index in [1.54, 1.807) is 36.4 Å². The van der Waals surface area contributed by atoms with Gasteiger partial charge in [-0.05, 0) is 79.3 Å². The van der Waals surface area contributed by atoms with Crippen LogP contribution >= 0.6 is 11.6 Å². The van der Waals surface area contributed by atoms with Crippen LogP contribution in [-0.2, 0) is 19.1 Å². The van der Waals surface area contributed by atoms with Gasteiger partial charge >= 0.3 is 5.97 Å². The zero-order chi connectivity index (χ0) is 25.9. The number of halogens is 1. The van der Waals surface area contributed by atoms with Gasteiger partial charge in [0, 0.05) is 10.7 Å². The highest BCUT2D eigenvalue weighted by Crippen LogP contribution is 2.45. The van der Waals surface area contributed by atoms with E-state index in [1.807, 2.05) is 18.2 Å². The Hall–Kier alpha value is -3.97. The number of imide groups is 1. The molecule has 3 amide bonds. The summed E-state index contributed by atoms with van der Waals surface area (Å²) >= 11 is 5.83. The van der Waals surface area contributed by atoms with Gasteiger partial charge in [-0.15, -0.1) is 0 Å². The number of nitrogens with zero attached hydrogens (tertiary/aromatic N) is 1. The summed E-state index contributed by atoms with van der Waals surface area (Å²) < 4.78 is 5.10. The third-order valence-electron chi connectivity index (χ3n) is 7.02. The van der Waals surface area contributed by atoms with E-state index in [-0.39, 0.29) is 35.1 Å². The van der Waals surface area contributed by atoms with Crippen molar-refractivity contribution in [3.63, 3.8) is 0 Å². The van der Waals surface area contributed by atoms with Gasteiger partial charge in [-0.3, -0.25) is 19.3 Å². The molecule has 0 unspecified atom stereocenters. The van der Waals surface area contributed by atoms with Crippen LogP contribution in [-0.4, -0.2) is 30.3 Å². The Bertz CT molecular complexity index is 1320. The number of rotatable bonds is 6. The van der Waals surface area contributed by atoms with Crippen molar-refractivity contribution in [3.8, 4) is 0 Å². The quantitative estimate of drug-likeness (QED) is 0.358. The molecule has 8 heteroatoms. The average Bonchev–Trinajstić information content (AvgIpc) is 3.18. The Morgan fingerprint density at radius 1 is 0.865 bits per heavy atom. The van der Waals surface area contributed by atoms with Crippen molar-refractivity contribution in [1.29, 1.82) is 0 Å². The number of amides is 3. The number of esters is 1. The van der Waals surface area contributed by atoms with Crippen molar-refractivity contribution in [2.75, 3.05) is 16.8 Å². The third kappa shape index (κ3) is 5.27. The molecular formula is C29H25ClN2O5. The number of carbonyl (C=O) groups excluding carboxylic acids is 4. The Morgan fingerprint density at radius 2 is 1.54 bits per heavy atom. The highest BCUT2D eigenvalue weighted by molar-refractivity contribution is 6.30. The van der Waals surface area contributed by atoms with Gasteiger partial charge < -0.3 is 10.1 Å². The van der Waals surface area contributed by atoms with E-state index in [4.69, 9.17) is 16.3 Å². The van der Waals surface area contributed by atoms with Crippen LogP contribution in [0.5, 0.6) is 0 Å². The van der Waals surface area contributed by atoms with E-state index in [2.05, 4.69) is 17.4 Å². The van der Waals surface area contributed by atoms with Crippen molar-refractivity contribution in [3.05, 3.63) is 95.0 Å². The number of anilines is 2. The molecule has 1 saturated carbocycles. The van der Waals surface area contributed by atoms with Crippen LogP contribution in [0.25, 0.3) is 0 Å². The molecule has 1 aliphatic carbocycles. The number of ether oxygens (including phenoxy) is 1. The average molecular weight is 517 g/mol. The van der Waals surface area contributed by atoms with Crippen LogP contribution in [0.4, 0.5) is 11.4 Å². The molecule has 2 fully saturated rings. The van der Waals surface area contributed by atoms with Crippen molar-refractivity contribution in [2.45, 2.75) is 25.2 Å². The molecule has 1 saturated heterocycles. The molecule has 7 nitrogen and oxygen atoms in total. The van der Waals surface area contributed by atoms with Gasteiger partial charge in [0.2, 0.25) is 11.8 Å². The largest absolute Gasteiger partial charge is 0.452 e. The SMILES string of the molecule is O=C(COC(=O)c1ccc(N2C(=O)[C@H]3C[C@@H](c4ccccc4)CC[C@H]3C2=O)cc1)Nc1ccc(Cl)cc1. The minimum atomic E-state index is -0.684. The molecule has 1 aliphatic heterocycles. The van der Waals surface area contributed by atoms with Crippen molar-refractivity contribution >= 4 is 46.7 Å². The highest BCUT2D eigenvalue weighted by Gasteiger charge is 2.50. The van der Waals surface area contributed by atoms with E-state index in [1.165, 1.54) is 22.6 Å². The molecule has 2 aliphatic rings. The molecule has 3 aromatic carbocycles. The van der Waals surface area contributed by atoms with Gasteiger partial charge in [-0.25, -0.2) is 4.79 Å². The normalized spacial score (nSPS) is 20.9. The number of fused-ring (bicyclic) bond motifs is 1. The van der Waals surface area contributed by atoms with Gasteiger partial charge in [0.1, 0.15) is 0 Å². The molecule has 0 radical (unpaired) electrons. The first-order valence-corrected chi connectivity index (χ1v) is 12.5. The third-order valence-corrected chi connectivity index (χ3v) is 7.27. The number of nitrogens with one attached hydrogen (secondary N) is 1. The molecule has 0 spiro atoms. The van der Waals surface area contributed by atoms with E-state index < -0.39 is 18.5 Å². The first-order valence-electron chi connectivity index (χ1n) is 12.2. The summed E-state index contributed by atoms with van der Waals surface area (Å²) in [6.45, 7) is -0.460. The van der Waals surface area contributed by atoms with Gasteiger partial charge in [-0.1, -0.05) is 41.9 Å². The van der Waals surface area contributed by atoms with E-state index in [0.29, 0.717) is 29.2 Å².